The number of ether oxygens (including phenoxy) is 1. The first-order valence-corrected chi connectivity index (χ1v) is 6.00. The highest BCUT2D eigenvalue weighted by Gasteiger charge is 2.33. The molecule has 1 fully saturated rings. The Labute approximate surface area is 103 Å². The van der Waals surface area contributed by atoms with E-state index < -0.39 is 0 Å². The summed E-state index contributed by atoms with van der Waals surface area (Å²) < 4.78 is 6.50. The molecular formula is C12H14BrNO2. The molecular weight excluding hydrogens is 270 g/mol. The highest BCUT2D eigenvalue weighted by atomic mass is 79.9. The first-order chi connectivity index (χ1) is 7.64. The summed E-state index contributed by atoms with van der Waals surface area (Å²) in [5, 5.41) is 3.31. The highest BCUT2D eigenvalue weighted by Crippen LogP contribution is 2.26. The van der Waals surface area contributed by atoms with E-state index in [1.807, 2.05) is 31.2 Å². The number of carbonyl (C=O) groups is 1. The van der Waals surface area contributed by atoms with E-state index in [4.69, 9.17) is 4.74 Å². The van der Waals surface area contributed by atoms with Crippen LogP contribution in [0.5, 0.6) is 0 Å². The molecule has 2 rings (SSSR count). The van der Waals surface area contributed by atoms with Gasteiger partial charge in [-0.15, -0.1) is 0 Å². The predicted octanol–water partition coefficient (Wildman–Crippen LogP) is 1.85. The van der Waals surface area contributed by atoms with Crippen molar-refractivity contribution in [2.45, 2.75) is 18.5 Å². The van der Waals surface area contributed by atoms with Crippen LogP contribution in [0.25, 0.3) is 0 Å². The second kappa shape index (κ2) is 4.65. The van der Waals surface area contributed by atoms with Crippen LogP contribution >= 0.6 is 15.9 Å². The molecule has 2 unspecified atom stereocenters. The molecule has 1 aliphatic rings. The lowest BCUT2D eigenvalue weighted by Crippen LogP contribution is -2.55. The van der Waals surface area contributed by atoms with Crippen LogP contribution in [0, 0.1) is 0 Å². The minimum Gasteiger partial charge on any atom is -0.377 e. The van der Waals surface area contributed by atoms with Crippen molar-refractivity contribution in [3.05, 3.63) is 34.3 Å². The van der Waals surface area contributed by atoms with Gasteiger partial charge in [0.25, 0.3) is 0 Å². The number of rotatable bonds is 2. The quantitative estimate of drug-likeness (QED) is 0.842. The third kappa shape index (κ3) is 2.34. The van der Waals surface area contributed by atoms with Crippen LogP contribution in [0.2, 0.25) is 0 Å². The minimum atomic E-state index is -0.298. The maximum atomic E-state index is 10.8. The molecule has 1 N–H and O–H groups in total. The number of aldehydes is 1. The van der Waals surface area contributed by atoms with Crippen molar-refractivity contribution in [3.8, 4) is 0 Å². The predicted molar refractivity (Wildman–Crippen MR) is 65.3 cm³/mol. The zero-order valence-corrected chi connectivity index (χ0v) is 10.7. The summed E-state index contributed by atoms with van der Waals surface area (Å²) in [5.41, 5.74) is 0.821. The van der Waals surface area contributed by atoms with Crippen LogP contribution in [0.4, 0.5) is 0 Å². The number of nitrogens with one attached hydrogen (secondary N) is 1. The number of hydrogen-bond acceptors (Lipinski definition) is 3. The lowest BCUT2D eigenvalue weighted by atomic mass is 9.91. The van der Waals surface area contributed by atoms with Crippen LogP contribution in [0.1, 0.15) is 12.5 Å². The monoisotopic (exact) mass is 283 g/mol. The van der Waals surface area contributed by atoms with Gasteiger partial charge in [-0.25, -0.2) is 0 Å². The molecule has 0 spiro atoms. The van der Waals surface area contributed by atoms with E-state index in [-0.39, 0.29) is 11.6 Å². The second-order valence-electron chi connectivity index (χ2n) is 4.24. The molecule has 0 bridgehead atoms. The summed E-state index contributed by atoms with van der Waals surface area (Å²) >= 11 is 3.45. The summed E-state index contributed by atoms with van der Waals surface area (Å²) in [6, 6.07) is 7.82. The van der Waals surface area contributed by atoms with Crippen LogP contribution in [-0.2, 0) is 15.1 Å². The average Bonchev–Trinajstić information content (AvgIpc) is 2.29. The van der Waals surface area contributed by atoms with E-state index in [0.29, 0.717) is 13.2 Å². The summed E-state index contributed by atoms with van der Waals surface area (Å²) in [4.78, 5) is 10.8. The maximum absolute atomic E-state index is 10.8. The Balaban J connectivity index is 2.27. The van der Waals surface area contributed by atoms with Crippen LogP contribution in [0.3, 0.4) is 0 Å². The van der Waals surface area contributed by atoms with Crippen molar-refractivity contribution in [1.82, 2.24) is 5.32 Å². The van der Waals surface area contributed by atoms with E-state index in [1.165, 1.54) is 0 Å². The van der Waals surface area contributed by atoms with Crippen molar-refractivity contribution in [2.75, 3.05) is 13.2 Å². The van der Waals surface area contributed by atoms with Crippen molar-refractivity contribution < 1.29 is 9.53 Å². The molecule has 1 heterocycles. The number of hydrogen-bond donors (Lipinski definition) is 1. The van der Waals surface area contributed by atoms with Gasteiger partial charge in [-0.3, -0.25) is 5.32 Å². The molecule has 86 valence electrons. The lowest BCUT2D eigenvalue weighted by Gasteiger charge is -2.38. The molecule has 0 amide bonds. The Morgan fingerprint density at radius 3 is 3.12 bits per heavy atom. The summed E-state index contributed by atoms with van der Waals surface area (Å²) in [6.45, 7) is 3.07. The van der Waals surface area contributed by atoms with Gasteiger partial charge in [0.05, 0.1) is 24.8 Å². The summed E-state index contributed by atoms with van der Waals surface area (Å²) in [5.74, 6) is 0. The van der Waals surface area contributed by atoms with Gasteiger partial charge in [0.15, 0.2) is 0 Å². The van der Waals surface area contributed by atoms with Crippen molar-refractivity contribution >= 4 is 22.2 Å². The van der Waals surface area contributed by atoms with E-state index >= 15 is 0 Å². The zero-order chi connectivity index (χ0) is 11.6. The van der Waals surface area contributed by atoms with Gasteiger partial charge in [-0.2, -0.15) is 0 Å². The number of morpholine rings is 1. The smallest absolute Gasteiger partial charge is 0.139 e. The number of carbonyl (C=O) groups excluding carboxylic acids is 1. The number of benzene rings is 1. The normalized spacial score (nSPS) is 30.0. The molecule has 1 saturated heterocycles. The molecule has 3 nitrogen and oxygen atoms in total. The number of halogens is 1. The highest BCUT2D eigenvalue weighted by molar-refractivity contribution is 9.10. The SMILES string of the molecule is CC1(c2cccc(Br)c2)COCC(C=O)N1. The molecule has 4 heteroatoms. The molecule has 1 aliphatic heterocycles. The van der Waals surface area contributed by atoms with Crippen LogP contribution < -0.4 is 5.32 Å². The molecule has 2 atom stereocenters. The third-order valence-electron chi connectivity index (χ3n) is 2.82. The van der Waals surface area contributed by atoms with Crippen LogP contribution in [-0.4, -0.2) is 25.5 Å². The topological polar surface area (TPSA) is 38.3 Å². The van der Waals surface area contributed by atoms with Crippen molar-refractivity contribution in [2.24, 2.45) is 0 Å². The fraction of sp³-hybridized carbons (Fsp3) is 0.417. The fourth-order valence-corrected chi connectivity index (χ4v) is 2.35. The second-order valence-corrected chi connectivity index (χ2v) is 5.16. The van der Waals surface area contributed by atoms with E-state index in [9.17, 15) is 4.79 Å². The Bertz CT molecular complexity index is 396. The zero-order valence-electron chi connectivity index (χ0n) is 9.07. The molecule has 0 aromatic heterocycles. The average molecular weight is 284 g/mol. The Morgan fingerprint density at radius 2 is 2.44 bits per heavy atom. The van der Waals surface area contributed by atoms with E-state index in [0.717, 1.165) is 16.3 Å². The maximum Gasteiger partial charge on any atom is 0.139 e. The fourth-order valence-electron chi connectivity index (χ4n) is 1.95. The van der Waals surface area contributed by atoms with Gasteiger partial charge >= 0.3 is 0 Å². The summed E-state index contributed by atoms with van der Waals surface area (Å²) in [6.07, 6.45) is 0.898. The van der Waals surface area contributed by atoms with Gasteiger partial charge in [0.2, 0.25) is 0 Å². The van der Waals surface area contributed by atoms with Gasteiger partial charge < -0.3 is 9.53 Å². The minimum absolute atomic E-state index is 0.224. The molecule has 16 heavy (non-hydrogen) atoms. The lowest BCUT2D eigenvalue weighted by molar-refractivity contribution is -0.114. The Morgan fingerprint density at radius 1 is 1.62 bits per heavy atom. The van der Waals surface area contributed by atoms with Gasteiger partial charge in [0.1, 0.15) is 6.29 Å². The molecule has 0 aliphatic carbocycles. The van der Waals surface area contributed by atoms with Crippen LogP contribution in [0.15, 0.2) is 28.7 Å². The standard InChI is InChI=1S/C12H14BrNO2/c1-12(8-16-7-11(6-15)14-12)9-3-2-4-10(13)5-9/h2-6,11,14H,7-8H2,1H3. The molecule has 1 aromatic carbocycles. The molecule has 0 radical (unpaired) electrons. The largest absolute Gasteiger partial charge is 0.377 e. The molecule has 1 aromatic rings. The van der Waals surface area contributed by atoms with Crippen molar-refractivity contribution in [3.63, 3.8) is 0 Å². The first kappa shape index (κ1) is 11.8. The van der Waals surface area contributed by atoms with E-state index in [2.05, 4.69) is 21.2 Å². The summed E-state index contributed by atoms with van der Waals surface area (Å²) in [7, 11) is 0. The van der Waals surface area contributed by atoms with E-state index in [1.54, 1.807) is 0 Å². The van der Waals surface area contributed by atoms with Gasteiger partial charge in [0, 0.05) is 4.47 Å². The third-order valence-corrected chi connectivity index (χ3v) is 3.31. The first-order valence-electron chi connectivity index (χ1n) is 5.21. The van der Waals surface area contributed by atoms with Gasteiger partial charge in [-0.05, 0) is 24.6 Å². The van der Waals surface area contributed by atoms with Crippen molar-refractivity contribution in [1.29, 1.82) is 0 Å². The Kier molecular flexibility index (Phi) is 3.42. The van der Waals surface area contributed by atoms with Gasteiger partial charge in [-0.1, -0.05) is 28.1 Å². The Hall–Kier alpha value is -0.710. The molecule has 0 saturated carbocycles.